The van der Waals surface area contributed by atoms with Gasteiger partial charge < -0.3 is 19.1 Å². The lowest BCUT2D eigenvalue weighted by atomic mass is 9.86. The number of carbonyl (C=O) groups excluding carboxylic acids is 1. The molecule has 0 spiro atoms. The van der Waals surface area contributed by atoms with Gasteiger partial charge in [0.25, 0.3) is 0 Å². The number of ketones is 1. The van der Waals surface area contributed by atoms with E-state index in [0.29, 0.717) is 28.7 Å². The molecule has 0 radical (unpaired) electrons. The average molecular weight is 385 g/mol. The van der Waals surface area contributed by atoms with Crippen molar-refractivity contribution in [1.82, 2.24) is 4.90 Å². The molecule has 3 heterocycles. The van der Waals surface area contributed by atoms with E-state index in [0.717, 1.165) is 42.1 Å². The minimum atomic E-state index is -0.132. The third-order valence-electron chi connectivity index (χ3n) is 5.29. The van der Waals surface area contributed by atoms with Gasteiger partial charge in [-0.2, -0.15) is 0 Å². The molecule has 0 atom stereocenters. The van der Waals surface area contributed by atoms with E-state index in [9.17, 15) is 4.79 Å². The maximum absolute atomic E-state index is 13.1. The zero-order valence-corrected chi connectivity index (χ0v) is 16.6. The summed E-state index contributed by atoms with van der Waals surface area (Å²) in [5.74, 6) is 2.34. The van der Waals surface area contributed by atoms with Crippen LogP contribution in [-0.4, -0.2) is 45.0 Å². The summed E-state index contributed by atoms with van der Waals surface area (Å²) in [6, 6.07) is 5.74. The standard InChI is InChI=1S/C21H23NO4S/c1-22-8-6-13(7-9-22)18-15(24-2)12-16(25-3)19-20(23)17(26-21(18)19)11-14-5-4-10-27-14/h4-5,10-13H,6-9H2,1-3H3/b17-11+. The second-order valence-electron chi connectivity index (χ2n) is 6.93. The molecule has 2 aromatic rings. The first-order valence-electron chi connectivity index (χ1n) is 9.07. The molecule has 1 fully saturated rings. The topological polar surface area (TPSA) is 48.0 Å². The van der Waals surface area contributed by atoms with Crippen LogP contribution in [0.2, 0.25) is 0 Å². The zero-order valence-electron chi connectivity index (χ0n) is 15.8. The highest BCUT2D eigenvalue weighted by Crippen LogP contribution is 2.50. The van der Waals surface area contributed by atoms with Crippen LogP contribution in [0.15, 0.2) is 29.3 Å². The number of methoxy groups -OCH3 is 2. The van der Waals surface area contributed by atoms with Crippen LogP contribution in [0, 0.1) is 0 Å². The summed E-state index contributed by atoms with van der Waals surface area (Å²) in [4.78, 5) is 16.4. The van der Waals surface area contributed by atoms with Gasteiger partial charge in [0.1, 0.15) is 22.8 Å². The van der Waals surface area contributed by atoms with Crippen LogP contribution in [0.3, 0.4) is 0 Å². The van der Waals surface area contributed by atoms with Crippen LogP contribution in [0.25, 0.3) is 6.08 Å². The van der Waals surface area contributed by atoms with Crippen molar-refractivity contribution in [3.63, 3.8) is 0 Å². The molecule has 142 valence electrons. The summed E-state index contributed by atoms with van der Waals surface area (Å²) in [6.07, 6.45) is 3.82. The van der Waals surface area contributed by atoms with Gasteiger partial charge in [-0.05, 0) is 50.3 Å². The average Bonchev–Trinajstić information content (AvgIpc) is 3.30. The summed E-state index contributed by atoms with van der Waals surface area (Å²) in [5, 5.41) is 1.98. The fourth-order valence-electron chi connectivity index (χ4n) is 3.84. The molecule has 1 aromatic carbocycles. The number of allylic oxidation sites excluding steroid dienone is 1. The number of Topliss-reactive ketones (excluding diaryl/α,β-unsaturated/α-hetero) is 1. The Bertz CT molecular complexity index is 880. The van der Waals surface area contributed by atoms with E-state index in [1.807, 2.05) is 23.6 Å². The lowest BCUT2D eigenvalue weighted by Gasteiger charge is -2.30. The van der Waals surface area contributed by atoms with E-state index < -0.39 is 0 Å². The first-order valence-corrected chi connectivity index (χ1v) is 9.95. The van der Waals surface area contributed by atoms with Gasteiger partial charge in [-0.15, -0.1) is 11.3 Å². The molecule has 1 aromatic heterocycles. The van der Waals surface area contributed by atoms with Crippen LogP contribution in [-0.2, 0) is 0 Å². The number of fused-ring (bicyclic) bond motifs is 1. The molecule has 5 nitrogen and oxygen atoms in total. The Labute approximate surface area is 163 Å². The molecular weight excluding hydrogens is 362 g/mol. The van der Waals surface area contributed by atoms with Crippen molar-refractivity contribution in [2.24, 2.45) is 0 Å². The summed E-state index contributed by atoms with van der Waals surface area (Å²) in [5.41, 5.74) is 1.50. The second kappa shape index (κ2) is 7.37. The third kappa shape index (κ3) is 3.24. The van der Waals surface area contributed by atoms with E-state index >= 15 is 0 Å². The van der Waals surface area contributed by atoms with Gasteiger partial charge in [0.2, 0.25) is 5.78 Å². The van der Waals surface area contributed by atoms with Crippen molar-refractivity contribution >= 4 is 23.2 Å². The van der Waals surface area contributed by atoms with Crippen LogP contribution < -0.4 is 14.2 Å². The predicted octanol–water partition coefficient (Wildman–Crippen LogP) is 4.19. The number of carbonyl (C=O) groups is 1. The van der Waals surface area contributed by atoms with Gasteiger partial charge >= 0.3 is 0 Å². The molecule has 27 heavy (non-hydrogen) atoms. The number of ether oxygens (including phenoxy) is 3. The van der Waals surface area contributed by atoms with Crippen LogP contribution in [0.1, 0.15) is 39.6 Å². The fraction of sp³-hybridized carbons (Fsp3) is 0.381. The molecule has 0 bridgehead atoms. The van der Waals surface area contributed by atoms with Gasteiger partial charge in [0.05, 0.1) is 14.2 Å². The van der Waals surface area contributed by atoms with Gasteiger partial charge in [0, 0.05) is 22.6 Å². The highest BCUT2D eigenvalue weighted by molar-refractivity contribution is 7.10. The molecule has 1 saturated heterocycles. The van der Waals surface area contributed by atoms with Crippen molar-refractivity contribution in [2.45, 2.75) is 18.8 Å². The monoisotopic (exact) mass is 385 g/mol. The Kier molecular flexibility index (Phi) is 4.93. The van der Waals surface area contributed by atoms with E-state index in [4.69, 9.17) is 14.2 Å². The number of benzene rings is 1. The number of hydrogen-bond donors (Lipinski definition) is 0. The number of thiophene rings is 1. The lowest BCUT2D eigenvalue weighted by molar-refractivity contribution is 0.101. The molecular formula is C21H23NO4S. The maximum Gasteiger partial charge on any atom is 0.235 e. The van der Waals surface area contributed by atoms with E-state index in [1.54, 1.807) is 31.6 Å². The van der Waals surface area contributed by atoms with Crippen LogP contribution in [0.4, 0.5) is 0 Å². The lowest BCUT2D eigenvalue weighted by Crippen LogP contribution is -2.29. The summed E-state index contributed by atoms with van der Waals surface area (Å²) in [7, 11) is 5.35. The molecule has 0 unspecified atom stereocenters. The first kappa shape index (κ1) is 18.1. The van der Waals surface area contributed by atoms with Crippen LogP contribution in [0.5, 0.6) is 17.2 Å². The Morgan fingerprint density at radius 2 is 1.96 bits per heavy atom. The van der Waals surface area contributed by atoms with E-state index in [1.165, 1.54) is 0 Å². The van der Waals surface area contributed by atoms with Gasteiger partial charge in [-0.1, -0.05) is 6.07 Å². The molecule has 2 aliphatic rings. The smallest absolute Gasteiger partial charge is 0.235 e. The molecule has 6 heteroatoms. The highest BCUT2D eigenvalue weighted by Gasteiger charge is 2.38. The summed E-state index contributed by atoms with van der Waals surface area (Å²) >= 11 is 1.57. The molecule has 0 saturated carbocycles. The number of nitrogens with zero attached hydrogens (tertiary/aromatic N) is 1. The van der Waals surface area contributed by atoms with Gasteiger partial charge in [0.15, 0.2) is 5.76 Å². The largest absolute Gasteiger partial charge is 0.496 e. The minimum absolute atomic E-state index is 0.132. The van der Waals surface area contributed by atoms with Crippen LogP contribution >= 0.6 is 11.3 Å². The number of hydrogen-bond acceptors (Lipinski definition) is 6. The molecule has 0 aliphatic carbocycles. The van der Waals surface area contributed by atoms with Crippen molar-refractivity contribution in [3.8, 4) is 17.2 Å². The number of rotatable bonds is 4. The van der Waals surface area contributed by atoms with E-state index in [2.05, 4.69) is 11.9 Å². The molecule has 0 amide bonds. The maximum atomic E-state index is 13.1. The molecule has 2 aliphatic heterocycles. The third-order valence-corrected chi connectivity index (χ3v) is 6.11. The Morgan fingerprint density at radius 1 is 1.22 bits per heavy atom. The zero-order chi connectivity index (χ0) is 19.0. The number of piperidine rings is 1. The Hall–Kier alpha value is -2.31. The van der Waals surface area contributed by atoms with Gasteiger partial charge in [-0.25, -0.2) is 0 Å². The number of likely N-dealkylation sites (tertiary alicyclic amines) is 1. The van der Waals surface area contributed by atoms with Crippen molar-refractivity contribution in [2.75, 3.05) is 34.4 Å². The van der Waals surface area contributed by atoms with E-state index in [-0.39, 0.29) is 5.78 Å². The Morgan fingerprint density at radius 3 is 2.59 bits per heavy atom. The minimum Gasteiger partial charge on any atom is -0.496 e. The first-order chi connectivity index (χ1) is 13.1. The normalized spacial score (nSPS) is 19.2. The summed E-state index contributed by atoms with van der Waals surface area (Å²) in [6.45, 7) is 2.03. The quantitative estimate of drug-likeness (QED) is 0.739. The Balaban J connectivity index is 1.82. The van der Waals surface area contributed by atoms with Crippen molar-refractivity contribution in [1.29, 1.82) is 0 Å². The van der Waals surface area contributed by atoms with Crippen molar-refractivity contribution < 1.29 is 19.0 Å². The predicted molar refractivity (Wildman–Crippen MR) is 106 cm³/mol. The SMILES string of the molecule is COc1cc(OC)c(C2CCN(C)CC2)c2c1C(=O)/C(=C\c1cccs1)O2. The second-order valence-corrected chi connectivity index (χ2v) is 7.91. The summed E-state index contributed by atoms with van der Waals surface area (Å²) < 4.78 is 17.3. The highest BCUT2D eigenvalue weighted by atomic mass is 32.1. The van der Waals surface area contributed by atoms with Crippen molar-refractivity contribution in [3.05, 3.63) is 45.3 Å². The fourth-order valence-corrected chi connectivity index (χ4v) is 4.49. The van der Waals surface area contributed by atoms with Gasteiger partial charge in [-0.3, -0.25) is 4.79 Å². The molecule has 4 rings (SSSR count). The molecule has 0 N–H and O–H groups in total.